The van der Waals surface area contributed by atoms with Crippen LogP contribution in [0.3, 0.4) is 0 Å². The molecule has 2 aromatic carbocycles. The van der Waals surface area contributed by atoms with Crippen LogP contribution in [-0.2, 0) is 18.9 Å². The summed E-state index contributed by atoms with van der Waals surface area (Å²) in [5.74, 6) is -0.0800. The Morgan fingerprint density at radius 2 is 1.50 bits per heavy atom. The van der Waals surface area contributed by atoms with Crippen molar-refractivity contribution in [2.24, 2.45) is 5.92 Å². The highest BCUT2D eigenvalue weighted by Crippen LogP contribution is 2.57. The van der Waals surface area contributed by atoms with Gasteiger partial charge in [-0.3, -0.25) is 0 Å². The van der Waals surface area contributed by atoms with Crippen LogP contribution < -0.4 is 9.47 Å². The van der Waals surface area contributed by atoms with Gasteiger partial charge in [-0.05, 0) is 35.4 Å². The summed E-state index contributed by atoms with van der Waals surface area (Å²) in [6.07, 6.45) is -8.76. The van der Waals surface area contributed by atoms with Crippen molar-refractivity contribution in [1.29, 1.82) is 0 Å². The molecule has 2 aromatic rings. The van der Waals surface area contributed by atoms with E-state index in [-0.39, 0.29) is 36.2 Å². The van der Waals surface area contributed by atoms with Crippen LogP contribution in [0.15, 0.2) is 36.4 Å². The third kappa shape index (κ3) is 4.36. The van der Waals surface area contributed by atoms with Crippen LogP contribution in [0.4, 0.5) is 0 Å². The number of aliphatic hydroxyl groups excluding tert-OH is 4. The summed E-state index contributed by atoms with van der Waals surface area (Å²) in [6, 6.07) is 9.57. The summed E-state index contributed by atoms with van der Waals surface area (Å²) < 4.78 is 35.1. The molecule has 0 aromatic heterocycles. The molecule has 9 atom stereocenters. The normalized spacial score (nSPS) is 36.7. The predicted octanol–water partition coefficient (Wildman–Crippen LogP) is 0.129. The topological polar surface area (TPSA) is 177 Å². The number of rotatable bonds is 7. The highest BCUT2D eigenvalue weighted by atomic mass is 16.7. The standard InChI is InChI=1S/C26H32O12/c1-33-17-7-12(3-5-15(17)28)23-14-10-35-24(13-4-6-16(29)18(8-13)34-2)26(14,11-36-23)38-25-22(32)21(31)20(30)19(9-27)37-25/h3-8,14,19-25,27-32H,9-11H2,1-2H3/t14?,19-,20-,21+,22-,23-,24-,25+,26-/m1/s1. The number of benzene rings is 2. The lowest BCUT2D eigenvalue weighted by molar-refractivity contribution is -0.333. The molecule has 0 aliphatic carbocycles. The summed E-state index contributed by atoms with van der Waals surface area (Å²) in [4.78, 5) is 0. The molecule has 5 rings (SSSR count). The first-order chi connectivity index (χ1) is 18.2. The van der Waals surface area contributed by atoms with Gasteiger partial charge in [-0.25, -0.2) is 0 Å². The van der Waals surface area contributed by atoms with Crippen LogP contribution in [-0.4, -0.2) is 101 Å². The molecule has 3 fully saturated rings. The Labute approximate surface area is 218 Å². The minimum absolute atomic E-state index is 0.0194. The number of hydrogen-bond donors (Lipinski definition) is 6. The molecule has 0 amide bonds. The zero-order chi connectivity index (χ0) is 27.2. The molecular weight excluding hydrogens is 504 g/mol. The van der Waals surface area contributed by atoms with E-state index in [9.17, 15) is 30.6 Å². The fraction of sp³-hybridized carbons (Fsp3) is 0.538. The molecule has 0 bridgehead atoms. The lowest BCUT2D eigenvalue weighted by Gasteiger charge is -2.44. The lowest BCUT2D eigenvalue weighted by Crippen LogP contribution is -2.61. The monoisotopic (exact) mass is 536 g/mol. The zero-order valence-corrected chi connectivity index (χ0v) is 20.8. The SMILES string of the molecule is COc1cc([C@H]2OC[C@@]3(O[C@@H]4O[C@H](CO)[C@@H](O)[C@H](O)[C@H]4O)C2CO[C@@H]3c2ccc(O)c(OC)c2)ccc1O. The Bertz CT molecular complexity index is 1140. The number of hydrogen-bond acceptors (Lipinski definition) is 12. The second-order valence-corrected chi connectivity index (χ2v) is 9.68. The van der Waals surface area contributed by atoms with Crippen molar-refractivity contribution < 1.29 is 59.1 Å². The summed E-state index contributed by atoms with van der Waals surface area (Å²) in [5.41, 5.74) is 0.0153. The lowest BCUT2D eigenvalue weighted by atomic mass is 9.80. The van der Waals surface area contributed by atoms with Crippen molar-refractivity contribution in [3.05, 3.63) is 47.5 Å². The third-order valence-electron chi connectivity index (χ3n) is 7.59. The van der Waals surface area contributed by atoms with E-state index in [4.69, 9.17) is 28.4 Å². The van der Waals surface area contributed by atoms with Crippen molar-refractivity contribution in [3.8, 4) is 23.0 Å². The number of ether oxygens (including phenoxy) is 6. The first kappa shape index (κ1) is 26.9. The average Bonchev–Trinajstić information content (AvgIpc) is 3.46. The molecule has 12 heteroatoms. The summed E-state index contributed by atoms with van der Waals surface area (Å²) in [6.45, 7) is -0.462. The smallest absolute Gasteiger partial charge is 0.187 e. The maximum atomic E-state index is 10.7. The summed E-state index contributed by atoms with van der Waals surface area (Å²) in [7, 11) is 2.86. The van der Waals surface area contributed by atoms with Crippen LogP contribution in [0.25, 0.3) is 0 Å². The maximum Gasteiger partial charge on any atom is 0.187 e. The molecule has 3 aliphatic heterocycles. The number of phenols is 2. The molecule has 3 heterocycles. The molecule has 3 saturated heterocycles. The molecule has 0 radical (unpaired) electrons. The van der Waals surface area contributed by atoms with Crippen molar-refractivity contribution in [1.82, 2.24) is 0 Å². The first-order valence-corrected chi connectivity index (χ1v) is 12.2. The Morgan fingerprint density at radius 3 is 2.13 bits per heavy atom. The Hall–Kier alpha value is -2.68. The third-order valence-corrected chi connectivity index (χ3v) is 7.59. The van der Waals surface area contributed by atoms with E-state index in [0.29, 0.717) is 11.1 Å². The van der Waals surface area contributed by atoms with Crippen LogP contribution in [0.2, 0.25) is 0 Å². The largest absolute Gasteiger partial charge is 0.504 e. The van der Waals surface area contributed by atoms with E-state index >= 15 is 0 Å². The van der Waals surface area contributed by atoms with Gasteiger partial charge in [-0.2, -0.15) is 0 Å². The van der Waals surface area contributed by atoms with Crippen LogP contribution in [0.1, 0.15) is 23.3 Å². The molecule has 0 spiro atoms. The summed E-state index contributed by atoms with van der Waals surface area (Å²) >= 11 is 0. The van der Waals surface area contributed by atoms with E-state index in [1.165, 1.54) is 26.4 Å². The number of aliphatic hydroxyl groups is 4. The zero-order valence-electron chi connectivity index (χ0n) is 20.8. The van der Waals surface area contributed by atoms with Gasteiger partial charge in [-0.15, -0.1) is 0 Å². The van der Waals surface area contributed by atoms with E-state index in [0.717, 1.165) is 0 Å². The molecule has 0 saturated carbocycles. The number of methoxy groups -OCH3 is 2. The highest BCUT2D eigenvalue weighted by molar-refractivity contribution is 5.45. The van der Waals surface area contributed by atoms with Crippen molar-refractivity contribution in [3.63, 3.8) is 0 Å². The first-order valence-electron chi connectivity index (χ1n) is 12.2. The predicted molar refractivity (Wildman–Crippen MR) is 128 cm³/mol. The molecule has 208 valence electrons. The van der Waals surface area contributed by atoms with Crippen LogP contribution in [0, 0.1) is 5.92 Å². The minimum atomic E-state index is -1.63. The van der Waals surface area contributed by atoms with Crippen molar-refractivity contribution >= 4 is 0 Å². The molecular formula is C26H32O12. The van der Waals surface area contributed by atoms with Gasteiger partial charge in [0.15, 0.2) is 29.3 Å². The summed E-state index contributed by atoms with van der Waals surface area (Å²) in [5, 5.41) is 61.2. The fourth-order valence-corrected chi connectivity index (χ4v) is 5.54. The average molecular weight is 537 g/mol. The highest BCUT2D eigenvalue weighted by Gasteiger charge is 2.63. The second-order valence-electron chi connectivity index (χ2n) is 9.68. The van der Waals surface area contributed by atoms with Gasteiger partial charge in [0, 0.05) is 5.92 Å². The van der Waals surface area contributed by atoms with Gasteiger partial charge in [0.25, 0.3) is 0 Å². The Morgan fingerprint density at radius 1 is 0.868 bits per heavy atom. The van der Waals surface area contributed by atoms with Gasteiger partial charge in [0.2, 0.25) is 0 Å². The molecule has 1 unspecified atom stereocenters. The van der Waals surface area contributed by atoms with Gasteiger partial charge < -0.3 is 59.1 Å². The number of fused-ring (bicyclic) bond motifs is 1. The van der Waals surface area contributed by atoms with E-state index < -0.39 is 61.0 Å². The van der Waals surface area contributed by atoms with E-state index in [1.807, 2.05) is 0 Å². The second kappa shape index (κ2) is 10.5. The molecule has 38 heavy (non-hydrogen) atoms. The quantitative estimate of drug-likeness (QED) is 0.282. The van der Waals surface area contributed by atoms with Gasteiger partial charge >= 0.3 is 0 Å². The van der Waals surface area contributed by atoms with E-state index in [1.54, 1.807) is 24.3 Å². The van der Waals surface area contributed by atoms with Crippen molar-refractivity contribution in [2.75, 3.05) is 34.0 Å². The number of aromatic hydroxyl groups is 2. The Kier molecular flexibility index (Phi) is 7.42. The molecule has 12 nitrogen and oxygen atoms in total. The van der Waals surface area contributed by atoms with Crippen LogP contribution >= 0.6 is 0 Å². The van der Waals surface area contributed by atoms with Gasteiger partial charge in [-0.1, -0.05) is 12.1 Å². The van der Waals surface area contributed by atoms with Gasteiger partial charge in [0.1, 0.15) is 36.1 Å². The van der Waals surface area contributed by atoms with E-state index in [2.05, 4.69) is 0 Å². The molecule has 6 N–H and O–H groups in total. The fourth-order valence-electron chi connectivity index (χ4n) is 5.54. The maximum absolute atomic E-state index is 10.7. The van der Waals surface area contributed by atoms with Crippen molar-refractivity contribution in [2.45, 2.75) is 48.5 Å². The molecule has 3 aliphatic rings. The van der Waals surface area contributed by atoms with Crippen LogP contribution in [0.5, 0.6) is 23.0 Å². The Balaban J connectivity index is 1.54. The number of phenolic OH excluding ortho intramolecular Hbond substituents is 2. The minimum Gasteiger partial charge on any atom is -0.504 e. The van der Waals surface area contributed by atoms with Gasteiger partial charge in [0.05, 0.1) is 40.1 Å².